The van der Waals surface area contributed by atoms with Gasteiger partial charge in [-0.1, -0.05) is 31.7 Å². The minimum absolute atomic E-state index is 0.00364. The summed E-state index contributed by atoms with van der Waals surface area (Å²) >= 11 is 0. The van der Waals surface area contributed by atoms with Crippen molar-refractivity contribution in [3.8, 4) is 11.1 Å². The summed E-state index contributed by atoms with van der Waals surface area (Å²) in [5.41, 5.74) is 4.84. The number of nitrogens with zero attached hydrogens (tertiary/aromatic N) is 7. The Labute approximate surface area is 323 Å². The lowest BCUT2D eigenvalue weighted by molar-refractivity contribution is -0.139. The van der Waals surface area contributed by atoms with E-state index in [0.29, 0.717) is 35.3 Å². The Kier molecular flexibility index (Phi) is 10.4. The summed E-state index contributed by atoms with van der Waals surface area (Å²) in [5.74, 6) is 0.182. The second kappa shape index (κ2) is 14.9. The number of ketones is 2. The molecule has 55 heavy (non-hydrogen) atoms. The number of piperidine rings is 1. The molecule has 3 atom stereocenters. The van der Waals surface area contributed by atoms with Gasteiger partial charge in [0.25, 0.3) is 0 Å². The van der Waals surface area contributed by atoms with Crippen LogP contribution in [0.15, 0.2) is 36.7 Å². The lowest BCUT2D eigenvalue weighted by atomic mass is 9.90. The van der Waals surface area contributed by atoms with Gasteiger partial charge >= 0.3 is 6.09 Å². The molecule has 2 aliphatic heterocycles. The molecule has 1 aliphatic carbocycles. The van der Waals surface area contributed by atoms with Crippen molar-refractivity contribution >= 4 is 34.5 Å². The van der Waals surface area contributed by atoms with Crippen LogP contribution in [-0.4, -0.2) is 82.3 Å². The van der Waals surface area contributed by atoms with Gasteiger partial charge in [-0.05, 0) is 108 Å². The second-order valence-corrected chi connectivity index (χ2v) is 17.0. The van der Waals surface area contributed by atoms with Crippen molar-refractivity contribution in [3.05, 3.63) is 70.7 Å². The highest BCUT2D eigenvalue weighted by atomic mass is 16.6. The van der Waals surface area contributed by atoms with Gasteiger partial charge < -0.3 is 14.5 Å². The smallest absolute Gasteiger partial charge is 0.410 e. The van der Waals surface area contributed by atoms with Crippen LogP contribution in [0.5, 0.6) is 0 Å². The molecule has 0 N–H and O–H groups in total. The molecule has 7 rings (SSSR count). The third kappa shape index (κ3) is 8.04. The van der Waals surface area contributed by atoms with Crippen LogP contribution < -0.4 is 0 Å². The third-order valence-electron chi connectivity index (χ3n) is 11.5. The zero-order valence-electron chi connectivity index (χ0n) is 33.3. The normalized spacial score (nSPS) is 22.0. The zero-order valence-corrected chi connectivity index (χ0v) is 33.3. The Bertz CT molecular complexity index is 2150. The second-order valence-electron chi connectivity index (χ2n) is 17.0. The Morgan fingerprint density at radius 1 is 0.927 bits per heavy atom. The fourth-order valence-corrected chi connectivity index (χ4v) is 8.66. The number of Topliss-reactive ketones (excluding diaryl/α,β-unsaturated/α-hetero) is 2. The maximum absolute atomic E-state index is 14.7. The molecule has 0 unspecified atom stereocenters. The Hall–Kier alpha value is -5.00. The molecule has 290 valence electrons. The number of rotatable bonds is 5. The number of ether oxygens (including phenoxy) is 1. The summed E-state index contributed by atoms with van der Waals surface area (Å²) < 4.78 is 7.52. The van der Waals surface area contributed by atoms with E-state index in [1.165, 1.54) is 6.92 Å². The summed E-state index contributed by atoms with van der Waals surface area (Å²) in [6, 6.07) is 7.23. The molecule has 5 heterocycles. The molecule has 12 nitrogen and oxygen atoms in total. The number of aromatic nitrogens is 5. The largest absolute Gasteiger partial charge is 0.444 e. The average Bonchev–Trinajstić information content (AvgIpc) is 3.52. The number of pyridine rings is 1. The molecule has 12 heteroatoms. The minimum atomic E-state index is -0.701. The number of carbonyl (C=O) groups is 4. The van der Waals surface area contributed by atoms with E-state index in [1.54, 1.807) is 22.0 Å². The van der Waals surface area contributed by atoms with Crippen LogP contribution in [-0.2, 0) is 33.8 Å². The number of carbonyl (C=O) groups excluding carboxylic acids is 4. The topological polar surface area (TPSA) is 140 Å². The number of hydrogen-bond acceptors (Lipinski definition) is 9. The molecule has 4 aromatic rings. The van der Waals surface area contributed by atoms with E-state index in [4.69, 9.17) is 9.84 Å². The van der Waals surface area contributed by atoms with Crippen LogP contribution in [0.2, 0.25) is 0 Å². The van der Waals surface area contributed by atoms with Gasteiger partial charge in [0.15, 0.2) is 11.6 Å². The maximum atomic E-state index is 14.7. The molecule has 0 spiro atoms. The summed E-state index contributed by atoms with van der Waals surface area (Å²) in [7, 11) is 0. The summed E-state index contributed by atoms with van der Waals surface area (Å²) in [6.45, 7) is 13.2. The standard InChI is InChI=1S/C43H53N7O5/c1-26-13-14-27(2)46-34(26)19-36(52)35-20-43-15-11-9-8-10-12-16-48(41(54)55-42(5,6)7)24-31-17-30(32-22-44-29(4)45-23-32)18-33-39(28(3)51)47-49(40(31)33)25-38(53)50(35)37(43)21-43/h13-14,17-18,22-23,35,37H,8-12,15-16,19-21,24-25H2,1-7H3/t35-,37+,43-/m0/s1. The van der Waals surface area contributed by atoms with Gasteiger partial charge in [0.05, 0.1) is 30.2 Å². The predicted octanol–water partition coefficient (Wildman–Crippen LogP) is 7.28. The fourth-order valence-electron chi connectivity index (χ4n) is 8.66. The maximum Gasteiger partial charge on any atom is 0.410 e. The molecular weight excluding hydrogens is 695 g/mol. The summed E-state index contributed by atoms with van der Waals surface area (Å²) in [5, 5.41) is 5.38. The average molecular weight is 748 g/mol. The highest BCUT2D eigenvalue weighted by Crippen LogP contribution is 2.62. The highest BCUT2D eigenvalue weighted by molar-refractivity contribution is 6.07. The molecule has 2 bridgehead atoms. The van der Waals surface area contributed by atoms with Crippen LogP contribution >= 0.6 is 0 Å². The zero-order chi connectivity index (χ0) is 39.2. The first kappa shape index (κ1) is 38.3. The van der Waals surface area contributed by atoms with Crippen molar-refractivity contribution in [1.82, 2.24) is 34.5 Å². The van der Waals surface area contributed by atoms with Crippen molar-refractivity contribution < 1.29 is 23.9 Å². The Balaban J connectivity index is 1.33. The van der Waals surface area contributed by atoms with Crippen molar-refractivity contribution in [3.63, 3.8) is 0 Å². The monoisotopic (exact) mass is 747 g/mol. The van der Waals surface area contributed by atoms with Crippen LogP contribution in [0.3, 0.4) is 0 Å². The molecule has 3 aliphatic rings. The number of benzene rings is 1. The molecular formula is C43H53N7O5. The van der Waals surface area contributed by atoms with E-state index in [1.807, 2.05) is 70.7 Å². The third-order valence-corrected chi connectivity index (χ3v) is 11.5. The van der Waals surface area contributed by atoms with Crippen molar-refractivity contribution in [2.24, 2.45) is 5.41 Å². The highest BCUT2D eigenvalue weighted by Gasteiger charge is 2.66. The van der Waals surface area contributed by atoms with Gasteiger partial charge in [-0.3, -0.25) is 24.0 Å². The predicted molar refractivity (Wildman–Crippen MR) is 208 cm³/mol. The van der Waals surface area contributed by atoms with E-state index in [-0.39, 0.29) is 54.1 Å². The van der Waals surface area contributed by atoms with E-state index < -0.39 is 17.7 Å². The minimum Gasteiger partial charge on any atom is -0.444 e. The lowest BCUT2D eigenvalue weighted by Gasteiger charge is -2.28. The van der Waals surface area contributed by atoms with Crippen molar-refractivity contribution in [2.45, 2.75) is 137 Å². The fraction of sp³-hybridized carbons (Fsp3) is 0.535. The SMILES string of the molecule is CC(=O)c1nn2c3c(cc(-c4cnc(C)nc4)cc13)CN(C(=O)OC(C)(C)C)CCCCCCC[C@@]13C[C@@H](C(=O)Cc4nc(C)ccc4C)N(C(=O)C2)[C@@H]1C3. The van der Waals surface area contributed by atoms with E-state index in [9.17, 15) is 19.2 Å². The number of aryl methyl sites for hydroxylation is 3. The molecule has 3 aromatic heterocycles. The number of hydrogen-bond donors (Lipinski definition) is 0. The van der Waals surface area contributed by atoms with Crippen LogP contribution in [0.4, 0.5) is 4.79 Å². The molecule has 1 aromatic carbocycles. The lowest BCUT2D eigenvalue weighted by Crippen LogP contribution is -2.45. The first-order valence-corrected chi connectivity index (χ1v) is 19.7. The van der Waals surface area contributed by atoms with Crippen LogP contribution in [0.25, 0.3) is 22.0 Å². The van der Waals surface area contributed by atoms with Crippen molar-refractivity contribution in [2.75, 3.05) is 6.54 Å². The van der Waals surface area contributed by atoms with Gasteiger partial charge in [-0.15, -0.1) is 0 Å². The van der Waals surface area contributed by atoms with Gasteiger partial charge in [0.1, 0.15) is 23.7 Å². The Morgan fingerprint density at radius 3 is 2.38 bits per heavy atom. The van der Waals surface area contributed by atoms with Gasteiger partial charge in [0.2, 0.25) is 5.91 Å². The molecule has 2 amide bonds. The van der Waals surface area contributed by atoms with Crippen LogP contribution in [0.1, 0.15) is 118 Å². The molecule has 0 radical (unpaired) electrons. The molecule has 1 saturated heterocycles. The van der Waals surface area contributed by atoms with Gasteiger partial charge in [-0.2, -0.15) is 5.10 Å². The first-order valence-electron chi connectivity index (χ1n) is 19.7. The summed E-state index contributed by atoms with van der Waals surface area (Å²) in [4.78, 5) is 73.1. The Morgan fingerprint density at radius 2 is 1.65 bits per heavy atom. The van der Waals surface area contributed by atoms with E-state index in [2.05, 4.69) is 15.0 Å². The molecule has 2 fully saturated rings. The van der Waals surface area contributed by atoms with E-state index in [0.717, 1.165) is 73.0 Å². The van der Waals surface area contributed by atoms with Crippen LogP contribution in [0, 0.1) is 26.2 Å². The quantitative estimate of drug-likeness (QED) is 0.193. The molecule has 1 saturated carbocycles. The van der Waals surface area contributed by atoms with Crippen molar-refractivity contribution in [1.29, 1.82) is 0 Å². The van der Waals surface area contributed by atoms with Gasteiger partial charge in [-0.25, -0.2) is 14.8 Å². The summed E-state index contributed by atoms with van der Waals surface area (Å²) in [6.07, 6.45) is 10.6. The number of amides is 2. The van der Waals surface area contributed by atoms with Gasteiger partial charge in [0, 0.05) is 48.5 Å². The van der Waals surface area contributed by atoms with E-state index >= 15 is 0 Å². The first-order chi connectivity index (χ1) is 26.1.